The van der Waals surface area contributed by atoms with Crippen molar-refractivity contribution >= 4 is 5.91 Å². The Kier molecular flexibility index (Phi) is 5.99. The summed E-state index contributed by atoms with van der Waals surface area (Å²) in [6, 6.07) is 11.9. The number of hydrogen-bond acceptors (Lipinski definition) is 3. The monoisotopic (exact) mass is 339 g/mol. The van der Waals surface area contributed by atoms with Crippen LogP contribution in [0, 0.1) is 0 Å². The van der Waals surface area contributed by atoms with Crippen molar-refractivity contribution in [1.82, 2.24) is 15.1 Å². The molecule has 1 heterocycles. The van der Waals surface area contributed by atoms with Gasteiger partial charge in [0, 0.05) is 19.0 Å². The number of nitrogens with zero attached hydrogens (tertiary/aromatic N) is 2. The lowest BCUT2D eigenvalue weighted by atomic mass is 9.97. The minimum absolute atomic E-state index is 0.0296. The number of carbonyl (C=O) groups is 1. The van der Waals surface area contributed by atoms with Gasteiger partial charge in [0.1, 0.15) is 0 Å². The third-order valence-electron chi connectivity index (χ3n) is 4.63. The summed E-state index contributed by atoms with van der Waals surface area (Å²) in [7, 11) is 0. The van der Waals surface area contributed by atoms with E-state index in [-0.39, 0.29) is 11.5 Å². The number of benzene rings is 1. The molecule has 5 heteroatoms. The lowest BCUT2D eigenvalue weighted by molar-refractivity contribution is -0.121. The van der Waals surface area contributed by atoms with Crippen molar-refractivity contribution in [3.8, 4) is 0 Å². The summed E-state index contributed by atoms with van der Waals surface area (Å²) < 4.78 is 1.48. The maximum Gasteiger partial charge on any atom is 0.267 e. The summed E-state index contributed by atoms with van der Waals surface area (Å²) in [5, 5.41) is 7.35. The number of nitrogens with one attached hydrogen (secondary N) is 1. The van der Waals surface area contributed by atoms with Crippen molar-refractivity contribution in [2.75, 3.05) is 6.54 Å². The molecule has 1 amide bonds. The summed E-state index contributed by atoms with van der Waals surface area (Å²) in [4.78, 5) is 24.0. The standard InChI is InChI=1S/C20H25N3O2/c24-19(12-6-9-16-7-2-1-3-8-16)21-13-14-23-20(25)15-17-10-4-5-11-18(17)22-23/h1-3,7-8,15H,4-6,9-14H2,(H,21,24). The molecule has 0 radical (unpaired) electrons. The molecule has 0 bridgehead atoms. The Bertz CT molecular complexity index is 768. The third-order valence-corrected chi connectivity index (χ3v) is 4.63. The van der Waals surface area contributed by atoms with Crippen LogP contribution >= 0.6 is 0 Å². The van der Waals surface area contributed by atoms with Gasteiger partial charge in [0.2, 0.25) is 5.91 Å². The van der Waals surface area contributed by atoms with Gasteiger partial charge in [-0.15, -0.1) is 0 Å². The summed E-state index contributed by atoms with van der Waals surface area (Å²) in [6.45, 7) is 0.867. The van der Waals surface area contributed by atoms with E-state index in [1.165, 1.54) is 10.2 Å². The highest BCUT2D eigenvalue weighted by Crippen LogP contribution is 2.16. The molecule has 3 rings (SSSR count). The first kappa shape index (κ1) is 17.4. The Morgan fingerprint density at radius 2 is 1.96 bits per heavy atom. The smallest absolute Gasteiger partial charge is 0.267 e. The predicted octanol–water partition coefficient (Wildman–Crippen LogP) is 2.26. The number of hydrogen-bond donors (Lipinski definition) is 1. The highest BCUT2D eigenvalue weighted by Gasteiger charge is 2.13. The third kappa shape index (κ3) is 5.02. The fraction of sp³-hybridized carbons (Fsp3) is 0.450. The highest BCUT2D eigenvalue weighted by atomic mass is 16.1. The van der Waals surface area contributed by atoms with Crippen molar-refractivity contribution in [3.63, 3.8) is 0 Å². The number of amides is 1. The fourth-order valence-corrected chi connectivity index (χ4v) is 3.25. The molecule has 132 valence electrons. The molecule has 1 aromatic heterocycles. The van der Waals surface area contributed by atoms with Gasteiger partial charge in [-0.1, -0.05) is 30.3 Å². The Labute approximate surface area is 148 Å². The molecule has 0 spiro atoms. The molecule has 0 saturated heterocycles. The van der Waals surface area contributed by atoms with E-state index in [1.807, 2.05) is 18.2 Å². The van der Waals surface area contributed by atoms with E-state index in [9.17, 15) is 9.59 Å². The molecular weight excluding hydrogens is 314 g/mol. The van der Waals surface area contributed by atoms with E-state index in [0.29, 0.717) is 19.5 Å². The van der Waals surface area contributed by atoms with Crippen LogP contribution < -0.4 is 10.9 Å². The van der Waals surface area contributed by atoms with Crippen LogP contribution in [0.1, 0.15) is 42.5 Å². The molecule has 1 aliphatic rings. The number of rotatable bonds is 7. The van der Waals surface area contributed by atoms with Crippen molar-refractivity contribution in [3.05, 3.63) is 63.6 Å². The first-order chi connectivity index (χ1) is 12.2. The van der Waals surface area contributed by atoms with Crippen molar-refractivity contribution in [2.45, 2.75) is 51.5 Å². The average molecular weight is 339 g/mol. The second-order valence-electron chi connectivity index (χ2n) is 6.57. The van der Waals surface area contributed by atoms with E-state index in [0.717, 1.165) is 49.8 Å². The van der Waals surface area contributed by atoms with Gasteiger partial charge in [-0.05, 0) is 49.7 Å². The fourth-order valence-electron chi connectivity index (χ4n) is 3.25. The molecule has 0 unspecified atom stereocenters. The molecule has 0 fully saturated rings. The Hall–Kier alpha value is -2.43. The molecule has 1 aliphatic carbocycles. The van der Waals surface area contributed by atoms with Crippen LogP contribution in [0.25, 0.3) is 0 Å². The van der Waals surface area contributed by atoms with Crippen LogP contribution in [-0.2, 0) is 30.6 Å². The van der Waals surface area contributed by atoms with E-state index >= 15 is 0 Å². The van der Waals surface area contributed by atoms with Crippen LogP contribution in [-0.4, -0.2) is 22.2 Å². The highest BCUT2D eigenvalue weighted by molar-refractivity contribution is 5.75. The molecule has 1 N–H and O–H groups in total. The van der Waals surface area contributed by atoms with Crippen molar-refractivity contribution < 1.29 is 4.79 Å². The number of fused-ring (bicyclic) bond motifs is 1. The zero-order chi connectivity index (χ0) is 17.5. The normalized spacial score (nSPS) is 13.3. The Balaban J connectivity index is 1.42. The molecular formula is C20H25N3O2. The van der Waals surface area contributed by atoms with Gasteiger partial charge in [0.15, 0.2) is 0 Å². The quantitative estimate of drug-likeness (QED) is 0.841. The largest absolute Gasteiger partial charge is 0.354 e. The van der Waals surface area contributed by atoms with Crippen LogP contribution in [0.3, 0.4) is 0 Å². The average Bonchev–Trinajstić information content (AvgIpc) is 2.63. The molecule has 0 aliphatic heterocycles. The topological polar surface area (TPSA) is 64.0 Å². The van der Waals surface area contributed by atoms with Gasteiger partial charge in [-0.25, -0.2) is 4.68 Å². The van der Waals surface area contributed by atoms with Crippen LogP contribution in [0.15, 0.2) is 41.2 Å². The van der Waals surface area contributed by atoms with Crippen molar-refractivity contribution in [2.24, 2.45) is 0 Å². The van der Waals surface area contributed by atoms with Gasteiger partial charge < -0.3 is 5.32 Å². The zero-order valence-electron chi connectivity index (χ0n) is 14.5. The van der Waals surface area contributed by atoms with Crippen LogP contribution in [0.4, 0.5) is 0 Å². The first-order valence-electron chi connectivity index (χ1n) is 9.13. The van der Waals surface area contributed by atoms with Gasteiger partial charge >= 0.3 is 0 Å². The minimum Gasteiger partial charge on any atom is -0.354 e. The molecule has 0 saturated carbocycles. The van der Waals surface area contributed by atoms with Gasteiger partial charge in [-0.2, -0.15) is 5.10 Å². The van der Waals surface area contributed by atoms with Crippen LogP contribution in [0.5, 0.6) is 0 Å². The van der Waals surface area contributed by atoms with Crippen molar-refractivity contribution in [1.29, 1.82) is 0 Å². The number of aromatic nitrogens is 2. The predicted molar refractivity (Wildman–Crippen MR) is 97.5 cm³/mol. The minimum atomic E-state index is -0.0704. The summed E-state index contributed by atoms with van der Waals surface area (Å²) >= 11 is 0. The summed E-state index contributed by atoms with van der Waals surface area (Å²) in [5.74, 6) is 0.0296. The number of aryl methyl sites for hydroxylation is 3. The molecule has 5 nitrogen and oxygen atoms in total. The molecule has 1 aromatic carbocycles. The molecule has 25 heavy (non-hydrogen) atoms. The lowest BCUT2D eigenvalue weighted by Crippen LogP contribution is -2.33. The van der Waals surface area contributed by atoms with Gasteiger partial charge in [0.05, 0.1) is 12.2 Å². The summed E-state index contributed by atoms with van der Waals surface area (Å²) in [5.41, 5.74) is 3.32. The molecule has 0 atom stereocenters. The van der Waals surface area contributed by atoms with E-state index in [4.69, 9.17) is 0 Å². The lowest BCUT2D eigenvalue weighted by Gasteiger charge is -2.16. The van der Waals surface area contributed by atoms with E-state index in [2.05, 4.69) is 22.5 Å². The zero-order valence-corrected chi connectivity index (χ0v) is 14.5. The maximum atomic E-state index is 12.1. The first-order valence-corrected chi connectivity index (χ1v) is 9.13. The Morgan fingerprint density at radius 1 is 1.16 bits per heavy atom. The second-order valence-corrected chi connectivity index (χ2v) is 6.57. The number of carbonyl (C=O) groups excluding carboxylic acids is 1. The van der Waals surface area contributed by atoms with Crippen LogP contribution in [0.2, 0.25) is 0 Å². The van der Waals surface area contributed by atoms with Gasteiger partial charge in [0.25, 0.3) is 5.56 Å². The maximum absolute atomic E-state index is 12.1. The van der Waals surface area contributed by atoms with E-state index in [1.54, 1.807) is 6.07 Å². The summed E-state index contributed by atoms with van der Waals surface area (Å²) in [6.07, 6.45) is 6.40. The molecule has 2 aromatic rings. The van der Waals surface area contributed by atoms with Gasteiger partial charge in [-0.3, -0.25) is 9.59 Å². The van der Waals surface area contributed by atoms with E-state index < -0.39 is 0 Å². The second kappa shape index (κ2) is 8.60. The SMILES string of the molecule is O=C(CCCc1ccccc1)NCCn1nc2c(cc1=O)CCCC2. The Morgan fingerprint density at radius 3 is 2.80 bits per heavy atom.